The normalized spacial score (nSPS) is 11.4. The van der Waals surface area contributed by atoms with Crippen molar-refractivity contribution in [3.63, 3.8) is 0 Å². The van der Waals surface area contributed by atoms with E-state index in [0.29, 0.717) is 0 Å². The van der Waals surface area contributed by atoms with Gasteiger partial charge >= 0.3 is 0 Å². The van der Waals surface area contributed by atoms with Crippen molar-refractivity contribution in [1.29, 1.82) is 0 Å². The maximum atomic E-state index is 5.49. The number of para-hydroxylation sites is 1. The number of thiazole rings is 1. The Kier molecular flexibility index (Phi) is 3.88. The van der Waals surface area contributed by atoms with Crippen LogP contribution in [0.2, 0.25) is 0 Å². The van der Waals surface area contributed by atoms with Gasteiger partial charge in [0.2, 0.25) is 0 Å². The number of rotatable bonds is 5. The van der Waals surface area contributed by atoms with Crippen molar-refractivity contribution in [1.82, 2.24) is 9.88 Å². The Labute approximate surface area is 99.9 Å². The average molecular weight is 235 g/mol. The second kappa shape index (κ2) is 5.39. The largest absolute Gasteiger partial charge is 0.330 e. The molecule has 0 amide bonds. The highest BCUT2D eigenvalue weighted by molar-refractivity contribution is 7.18. The van der Waals surface area contributed by atoms with E-state index < -0.39 is 0 Å². The fourth-order valence-electron chi connectivity index (χ4n) is 1.66. The summed E-state index contributed by atoms with van der Waals surface area (Å²) in [6, 6.07) is 8.28. The van der Waals surface area contributed by atoms with Gasteiger partial charge in [-0.2, -0.15) is 0 Å². The molecule has 2 aromatic rings. The van der Waals surface area contributed by atoms with E-state index in [1.54, 1.807) is 11.3 Å². The summed E-state index contributed by atoms with van der Waals surface area (Å²) in [6.45, 7) is 2.70. The van der Waals surface area contributed by atoms with Gasteiger partial charge in [-0.15, -0.1) is 11.3 Å². The van der Waals surface area contributed by atoms with Crippen LogP contribution >= 0.6 is 11.3 Å². The van der Waals surface area contributed by atoms with Crippen molar-refractivity contribution in [2.75, 3.05) is 20.1 Å². The third-order valence-corrected chi connectivity index (χ3v) is 3.51. The SMILES string of the molecule is CN(CCCN)Cc1nc2ccccc2s1. The Hall–Kier alpha value is -0.970. The summed E-state index contributed by atoms with van der Waals surface area (Å²) < 4.78 is 1.27. The van der Waals surface area contributed by atoms with Crippen molar-refractivity contribution < 1.29 is 0 Å². The van der Waals surface area contributed by atoms with Gasteiger partial charge < -0.3 is 5.73 Å². The van der Waals surface area contributed by atoms with Gasteiger partial charge in [-0.3, -0.25) is 4.90 Å². The maximum Gasteiger partial charge on any atom is 0.108 e. The summed E-state index contributed by atoms with van der Waals surface area (Å²) in [5.41, 5.74) is 6.60. The highest BCUT2D eigenvalue weighted by atomic mass is 32.1. The van der Waals surface area contributed by atoms with E-state index in [4.69, 9.17) is 5.73 Å². The van der Waals surface area contributed by atoms with Gasteiger partial charge in [0.25, 0.3) is 0 Å². The minimum atomic E-state index is 0.754. The van der Waals surface area contributed by atoms with E-state index in [1.165, 1.54) is 9.71 Å². The second-order valence-electron chi connectivity index (χ2n) is 3.96. The molecule has 2 rings (SSSR count). The lowest BCUT2D eigenvalue weighted by Gasteiger charge is -2.13. The highest BCUT2D eigenvalue weighted by Crippen LogP contribution is 2.22. The minimum Gasteiger partial charge on any atom is -0.330 e. The van der Waals surface area contributed by atoms with E-state index in [0.717, 1.165) is 31.6 Å². The van der Waals surface area contributed by atoms with E-state index in [-0.39, 0.29) is 0 Å². The zero-order valence-corrected chi connectivity index (χ0v) is 10.3. The highest BCUT2D eigenvalue weighted by Gasteiger charge is 2.05. The van der Waals surface area contributed by atoms with E-state index in [1.807, 2.05) is 6.07 Å². The number of hydrogen-bond donors (Lipinski definition) is 1. The first-order valence-electron chi connectivity index (χ1n) is 5.52. The van der Waals surface area contributed by atoms with Crippen LogP contribution in [0, 0.1) is 0 Å². The second-order valence-corrected chi connectivity index (χ2v) is 5.07. The van der Waals surface area contributed by atoms with Crippen molar-refractivity contribution >= 4 is 21.6 Å². The molecular weight excluding hydrogens is 218 g/mol. The molecule has 0 unspecified atom stereocenters. The molecule has 86 valence electrons. The summed E-state index contributed by atoms with van der Waals surface area (Å²) in [7, 11) is 2.11. The lowest BCUT2D eigenvalue weighted by molar-refractivity contribution is 0.324. The average Bonchev–Trinajstić information content (AvgIpc) is 2.68. The number of benzene rings is 1. The first-order valence-corrected chi connectivity index (χ1v) is 6.34. The number of nitrogens with zero attached hydrogens (tertiary/aromatic N) is 2. The molecule has 0 radical (unpaired) electrons. The van der Waals surface area contributed by atoms with Crippen LogP contribution in [0.4, 0.5) is 0 Å². The fraction of sp³-hybridized carbons (Fsp3) is 0.417. The molecule has 1 aromatic heterocycles. The van der Waals surface area contributed by atoms with Gasteiger partial charge in [-0.05, 0) is 38.7 Å². The van der Waals surface area contributed by atoms with Gasteiger partial charge in [-0.25, -0.2) is 4.98 Å². The molecule has 16 heavy (non-hydrogen) atoms. The molecule has 2 N–H and O–H groups in total. The first-order chi connectivity index (χ1) is 7.79. The van der Waals surface area contributed by atoms with Crippen molar-refractivity contribution in [3.8, 4) is 0 Å². The number of nitrogens with two attached hydrogens (primary N) is 1. The molecule has 0 aliphatic carbocycles. The molecule has 0 saturated carbocycles. The summed E-state index contributed by atoms with van der Waals surface area (Å²) >= 11 is 1.78. The van der Waals surface area contributed by atoms with Crippen LogP contribution in [0.1, 0.15) is 11.4 Å². The van der Waals surface area contributed by atoms with E-state index >= 15 is 0 Å². The Bertz CT molecular complexity index is 419. The van der Waals surface area contributed by atoms with Crippen LogP contribution in [0.25, 0.3) is 10.2 Å². The third-order valence-electron chi connectivity index (χ3n) is 2.49. The molecule has 0 fully saturated rings. The molecule has 0 aliphatic heterocycles. The molecular formula is C12H17N3S. The van der Waals surface area contributed by atoms with Gasteiger partial charge in [0.1, 0.15) is 5.01 Å². The van der Waals surface area contributed by atoms with Gasteiger partial charge in [0.15, 0.2) is 0 Å². The fourth-order valence-corrected chi connectivity index (χ4v) is 2.71. The van der Waals surface area contributed by atoms with Gasteiger partial charge in [-0.1, -0.05) is 12.1 Å². The zero-order valence-electron chi connectivity index (χ0n) is 9.52. The summed E-state index contributed by atoms with van der Waals surface area (Å²) in [5.74, 6) is 0. The minimum absolute atomic E-state index is 0.754. The van der Waals surface area contributed by atoms with Crippen LogP contribution < -0.4 is 5.73 Å². The lowest BCUT2D eigenvalue weighted by Crippen LogP contribution is -2.21. The maximum absolute atomic E-state index is 5.49. The third kappa shape index (κ3) is 2.78. The van der Waals surface area contributed by atoms with Crippen molar-refractivity contribution in [2.24, 2.45) is 5.73 Å². The van der Waals surface area contributed by atoms with Gasteiger partial charge in [0, 0.05) is 0 Å². The molecule has 3 nitrogen and oxygen atoms in total. The van der Waals surface area contributed by atoms with Crippen molar-refractivity contribution in [2.45, 2.75) is 13.0 Å². The summed E-state index contributed by atoms with van der Waals surface area (Å²) in [5, 5.41) is 1.18. The molecule has 0 atom stereocenters. The predicted molar refractivity (Wildman–Crippen MR) is 69.6 cm³/mol. The van der Waals surface area contributed by atoms with Crippen LogP contribution in [-0.4, -0.2) is 30.0 Å². The lowest BCUT2D eigenvalue weighted by atomic mass is 10.3. The van der Waals surface area contributed by atoms with Crippen LogP contribution in [0.5, 0.6) is 0 Å². The molecule has 0 aliphatic rings. The van der Waals surface area contributed by atoms with E-state index in [9.17, 15) is 0 Å². The van der Waals surface area contributed by atoms with Crippen LogP contribution in [0.3, 0.4) is 0 Å². The van der Waals surface area contributed by atoms with Gasteiger partial charge in [0.05, 0.1) is 16.8 Å². The quantitative estimate of drug-likeness (QED) is 0.862. The molecule has 1 aromatic carbocycles. The van der Waals surface area contributed by atoms with Crippen LogP contribution in [-0.2, 0) is 6.54 Å². The summed E-state index contributed by atoms with van der Waals surface area (Å²) in [4.78, 5) is 6.87. The summed E-state index contributed by atoms with van der Waals surface area (Å²) in [6.07, 6.45) is 1.04. The number of hydrogen-bond acceptors (Lipinski definition) is 4. The molecule has 4 heteroatoms. The topological polar surface area (TPSA) is 42.1 Å². The number of aromatic nitrogens is 1. The molecule has 1 heterocycles. The predicted octanol–water partition coefficient (Wildman–Crippen LogP) is 2.08. The standard InChI is InChI=1S/C12H17N3S/c1-15(8-4-7-13)9-12-14-10-5-2-3-6-11(10)16-12/h2-3,5-6H,4,7-9,13H2,1H3. The zero-order chi connectivity index (χ0) is 11.4. The number of fused-ring (bicyclic) bond motifs is 1. The Morgan fingerprint density at radius 3 is 2.94 bits per heavy atom. The molecule has 0 saturated heterocycles. The first kappa shape index (κ1) is 11.5. The Morgan fingerprint density at radius 1 is 1.38 bits per heavy atom. The smallest absolute Gasteiger partial charge is 0.108 e. The molecule has 0 spiro atoms. The van der Waals surface area contributed by atoms with E-state index in [2.05, 4.69) is 35.1 Å². The Morgan fingerprint density at radius 2 is 2.19 bits per heavy atom. The molecule has 0 bridgehead atoms. The monoisotopic (exact) mass is 235 g/mol. The van der Waals surface area contributed by atoms with Crippen LogP contribution in [0.15, 0.2) is 24.3 Å². The van der Waals surface area contributed by atoms with Crippen molar-refractivity contribution in [3.05, 3.63) is 29.3 Å². The Balaban J connectivity index is 2.03.